The summed E-state index contributed by atoms with van der Waals surface area (Å²) < 4.78 is 7.23. The van der Waals surface area contributed by atoms with Crippen molar-refractivity contribution in [3.05, 3.63) is 42.6 Å². The third-order valence-corrected chi connectivity index (χ3v) is 3.53. The van der Waals surface area contributed by atoms with Crippen molar-refractivity contribution in [1.82, 2.24) is 30.1 Å². The number of hydrogen-bond donors (Lipinski definition) is 0. The molecule has 4 aromatic rings. The van der Waals surface area contributed by atoms with E-state index in [9.17, 15) is 0 Å². The summed E-state index contributed by atoms with van der Waals surface area (Å²) in [6, 6.07) is 11.6. The van der Waals surface area contributed by atoms with Gasteiger partial charge in [0, 0.05) is 17.8 Å². The zero-order chi connectivity index (χ0) is 15.8. The van der Waals surface area contributed by atoms with Gasteiger partial charge in [-0.25, -0.2) is 4.68 Å². The van der Waals surface area contributed by atoms with Gasteiger partial charge in [-0.3, -0.25) is 4.98 Å². The molecule has 0 atom stereocenters. The van der Waals surface area contributed by atoms with Crippen LogP contribution >= 0.6 is 0 Å². The highest BCUT2D eigenvalue weighted by molar-refractivity contribution is 5.79. The van der Waals surface area contributed by atoms with Crippen LogP contribution in [0.1, 0.15) is 19.9 Å². The minimum atomic E-state index is 0.255. The molecule has 0 aliphatic heterocycles. The molecule has 1 aromatic carbocycles. The summed E-state index contributed by atoms with van der Waals surface area (Å²) in [4.78, 5) is 8.62. The smallest absolute Gasteiger partial charge is 0.258 e. The fourth-order valence-electron chi connectivity index (χ4n) is 2.40. The maximum Gasteiger partial charge on any atom is 0.258 e. The van der Waals surface area contributed by atoms with Gasteiger partial charge in [-0.1, -0.05) is 16.4 Å². The van der Waals surface area contributed by atoms with Gasteiger partial charge < -0.3 is 4.52 Å². The fraction of sp³-hybridized carbons (Fsp3) is 0.188. The van der Waals surface area contributed by atoms with Crippen molar-refractivity contribution in [3.8, 4) is 23.0 Å². The van der Waals surface area contributed by atoms with E-state index in [0.29, 0.717) is 17.4 Å². The summed E-state index contributed by atoms with van der Waals surface area (Å²) in [6.45, 7) is 4.14. The lowest BCUT2D eigenvalue weighted by Crippen LogP contribution is -2.02. The monoisotopic (exact) mass is 306 g/mol. The SMILES string of the molecule is CC(C)n1nnc2cc(-c3nc(-c4ccccn4)no3)ccc21. The quantitative estimate of drug-likeness (QED) is 0.578. The second-order valence-corrected chi connectivity index (χ2v) is 5.47. The molecule has 7 nitrogen and oxygen atoms in total. The van der Waals surface area contributed by atoms with E-state index < -0.39 is 0 Å². The Hall–Kier alpha value is -3.09. The van der Waals surface area contributed by atoms with Gasteiger partial charge in [0.25, 0.3) is 5.89 Å². The largest absolute Gasteiger partial charge is 0.334 e. The highest BCUT2D eigenvalue weighted by Crippen LogP contribution is 2.25. The third-order valence-electron chi connectivity index (χ3n) is 3.53. The van der Waals surface area contributed by atoms with Crippen LogP contribution in [0.25, 0.3) is 34.0 Å². The number of rotatable bonds is 3. The van der Waals surface area contributed by atoms with Crippen molar-refractivity contribution in [1.29, 1.82) is 0 Å². The third kappa shape index (κ3) is 2.36. The Bertz CT molecular complexity index is 957. The fourth-order valence-corrected chi connectivity index (χ4v) is 2.40. The highest BCUT2D eigenvalue weighted by Gasteiger charge is 2.14. The molecule has 0 fully saturated rings. The number of nitrogens with zero attached hydrogens (tertiary/aromatic N) is 6. The van der Waals surface area contributed by atoms with Gasteiger partial charge in [0.05, 0.1) is 5.52 Å². The molecular formula is C16H14N6O. The highest BCUT2D eigenvalue weighted by atomic mass is 16.5. The first-order chi connectivity index (χ1) is 11.2. The zero-order valence-corrected chi connectivity index (χ0v) is 12.7. The maximum atomic E-state index is 5.35. The van der Waals surface area contributed by atoms with Crippen LogP contribution in [0.5, 0.6) is 0 Å². The molecule has 3 aromatic heterocycles. The van der Waals surface area contributed by atoms with E-state index in [1.165, 1.54) is 0 Å². The Morgan fingerprint density at radius 2 is 2.04 bits per heavy atom. The van der Waals surface area contributed by atoms with E-state index in [1.807, 2.05) is 41.1 Å². The molecule has 0 aliphatic carbocycles. The van der Waals surface area contributed by atoms with Crippen LogP contribution in [-0.4, -0.2) is 30.1 Å². The lowest BCUT2D eigenvalue weighted by atomic mass is 10.2. The predicted molar refractivity (Wildman–Crippen MR) is 84.4 cm³/mol. The molecule has 0 radical (unpaired) electrons. The predicted octanol–water partition coefficient (Wildman–Crippen LogP) is 3.12. The van der Waals surface area contributed by atoms with E-state index in [-0.39, 0.29) is 6.04 Å². The Labute approximate surface area is 132 Å². The van der Waals surface area contributed by atoms with Gasteiger partial charge in [-0.15, -0.1) is 5.10 Å². The van der Waals surface area contributed by atoms with Gasteiger partial charge in [-0.2, -0.15) is 4.98 Å². The molecule has 23 heavy (non-hydrogen) atoms. The van der Waals surface area contributed by atoms with Crippen molar-refractivity contribution in [2.75, 3.05) is 0 Å². The van der Waals surface area contributed by atoms with Crippen molar-refractivity contribution in [2.45, 2.75) is 19.9 Å². The lowest BCUT2D eigenvalue weighted by Gasteiger charge is -2.04. The molecule has 0 saturated carbocycles. The van der Waals surface area contributed by atoms with Crippen LogP contribution in [0.2, 0.25) is 0 Å². The Balaban J connectivity index is 1.74. The minimum Gasteiger partial charge on any atom is -0.334 e. The normalized spacial score (nSPS) is 11.4. The van der Waals surface area contributed by atoms with Gasteiger partial charge in [0.1, 0.15) is 11.2 Å². The van der Waals surface area contributed by atoms with Crippen LogP contribution < -0.4 is 0 Å². The van der Waals surface area contributed by atoms with E-state index in [0.717, 1.165) is 16.6 Å². The van der Waals surface area contributed by atoms with Crippen molar-refractivity contribution in [2.24, 2.45) is 0 Å². The first kappa shape index (κ1) is 13.6. The van der Waals surface area contributed by atoms with E-state index in [4.69, 9.17) is 4.52 Å². The van der Waals surface area contributed by atoms with Crippen LogP contribution in [0.15, 0.2) is 47.1 Å². The maximum absolute atomic E-state index is 5.35. The minimum absolute atomic E-state index is 0.255. The van der Waals surface area contributed by atoms with Crippen LogP contribution in [0, 0.1) is 0 Å². The van der Waals surface area contributed by atoms with E-state index in [1.54, 1.807) is 6.20 Å². The van der Waals surface area contributed by atoms with Crippen LogP contribution in [-0.2, 0) is 0 Å². The summed E-state index contributed by atoms with van der Waals surface area (Å²) in [5.41, 5.74) is 3.26. The Kier molecular flexibility index (Phi) is 3.11. The Morgan fingerprint density at radius 3 is 2.83 bits per heavy atom. The zero-order valence-electron chi connectivity index (χ0n) is 12.7. The second kappa shape index (κ2) is 5.28. The number of fused-ring (bicyclic) bond motifs is 1. The molecule has 0 aliphatic rings. The molecule has 0 N–H and O–H groups in total. The summed E-state index contributed by atoms with van der Waals surface area (Å²) >= 11 is 0. The average molecular weight is 306 g/mol. The molecule has 3 heterocycles. The summed E-state index contributed by atoms with van der Waals surface area (Å²) in [6.07, 6.45) is 1.70. The Morgan fingerprint density at radius 1 is 1.13 bits per heavy atom. The summed E-state index contributed by atoms with van der Waals surface area (Å²) in [5.74, 6) is 0.901. The summed E-state index contributed by atoms with van der Waals surface area (Å²) in [5, 5.41) is 12.4. The van der Waals surface area contributed by atoms with Gasteiger partial charge in [-0.05, 0) is 44.2 Å². The van der Waals surface area contributed by atoms with Gasteiger partial charge in [0.15, 0.2) is 0 Å². The number of aromatic nitrogens is 6. The van der Waals surface area contributed by atoms with Gasteiger partial charge in [0.2, 0.25) is 5.82 Å². The molecule has 4 rings (SSSR count). The van der Waals surface area contributed by atoms with E-state index in [2.05, 4.69) is 39.3 Å². The van der Waals surface area contributed by atoms with Crippen molar-refractivity contribution < 1.29 is 4.52 Å². The molecule has 7 heteroatoms. The first-order valence-corrected chi connectivity index (χ1v) is 7.33. The standard InChI is InChI=1S/C16H14N6O/c1-10(2)22-14-7-6-11(9-13(14)19-21-22)16-18-15(20-23-16)12-5-3-4-8-17-12/h3-10H,1-2H3. The number of hydrogen-bond acceptors (Lipinski definition) is 6. The molecule has 0 amide bonds. The topological polar surface area (TPSA) is 82.5 Å². The molecule has 0 spiro atoms. The van der Waals surface area contributed by atoms with Crippen LogP contribution in [0.3, 0.4) is 0 Å². The van der Waals surface area contributed by atoms with Crippen molar-refractivity contribution in [3.63, 3.8) is 0 Å². The molecule has 0 unspecified atom stereocenters. The average Bonchev–Trinajstić information content (AvgIpc) is 3.22. The van der Waals surface area contributed by atoms with E-state index >= 15 is 0 Å². The summed E-state index contributed by atoms with van der Waals surface area (Å²) in [7, 11) is 0. The number of pyridine rings is 1. The molecule has 114 valence electrons. The molecular weight excluding hydrogens is 292 g/mol. The van der Waals surface area contributed by atoms with Crippen molar-refractivity contribution >= 4 is 11.0 Å². The number of benzene rings is 1. The van der Waals surface area contributed by atoms with Crippen LogP contribution in [0.4, 0.5) is 0 Å². The van der Waals surface area contributed by atoms with Gasteiger partial charge >= 0.3 is 0 Å². The lowest BCUT2D eigenvalue weighted by molar-refractivity contribution is 0.432. The first-order valence-electron chi connectivity index (χ1n) is 7.33. The second-order valence-electron chi connectivity index (χ2n) is 5.47. The molecule has 0 saturated heterocycles. The molecule has 0 bridgehead atoms.